The van der Waals surface area contributed by atoms with Crippen LogP contribution in [0, 0.1) is 5.82 Å². The summed E-state index contributed by atoms with van der Waals surface area (Å²) in [5, 5.41) is 7.83. The molecule has 0 saturated heterocycles. The minimum absolute atomic E-state index is 0.117. The third-order valence-corrected chi connectivity index (χ3v) is 5.30. The number of rotatable bonds is 4. The third kappa shape index (κ3) is 3.71. The van der Waals surface area contributed by atoms with Crippen molar-refractivity contribution in [1.29, 1.82) is 0 Å². The maximum Gasteiger partial charge on any atom is 0.123 e. The molecule has 142 valence electrons. The quantitative estimate of drug-likeness (QED) is 0.486. The third-order valence-electron chi connectivity index (χ3n) is 4.74. The average molecular weight is 415 g/mol. The smallest absolute Gasteiger partial charge is 0.123 e. The van der Waals surface area contributed by atoms with Gasteiger partial charge in [0, 0.05) is 11.4 Å². The first-order valence-corrected chi connectivity index (χ1v) is 9.52. The minimum atomic E-state index is -0.273. The van der Waals surface area contributed by atoms with E-state index in [1.165, 1.54) is 12.1 Å². The summed E-state index contributed by atoms with van der Waals surface area (Å²) in [6, 6.07) is 19.4. The number of halogens is 3. The zero-order valence-electron chi connectivity index (χ0n) is 15.1. The second-order valence-electron chi connectivity index (χ2n) is 6.49. The van der Waals surface area contributed by atoms with Crippen LogP contribution in [0.15, 0.2) is 71.8 Å². The van der Waals surface area contributed by atoms with Crippen molar-refractivity contribution in [3.63, 3.8) is 0 Å². The lowest BCUT2D eigenvalue weighted by atomic mass is 9.98. The van der Waals surface area contributed by atoms with Crippen LogP contribution in [0.2, 0.25) is 10.0 Å². The Morgan fingerprint density at radius 2 is 1.71 bits per heavy atom. The van der Waals surface area contributed by atoms with E-state index < -0.39 is 0 Å². The lowest BCUT2D eigenvalue weighted by molar-refractivity contribution is 0.415. The van der Waals surface area contributed by atoms with Gasteiger partial charge in [-0.3, -0.25) is 5.01 Å². The van der Waals surface area contributed by atoms with E-state index in [0.29, 0.717) is 22.2 Å². The number of hydrazone groups is 1. The maximum atomic E-state index is 13.4. The highest BCUT2D eigenvalue weighted by Crippen LogP contribution is 2.40. The van der Waals surface area contributed by atoms with E-state index in [1.54, 1.807) is 37.4 Å². The summed E-state index contributed by atoms with van der Waals surface area (Å²) in [4.78, 5) is 0. The van der Waals surface area contributed by atoms with E-state index in [9.17, 15) is 4.39 Å². The Morgan fingerprint density at radius 3 is 2.39 bits per heavy atom. The van der Waals surface area contributed by atoms with Crippen LogP contribution >= 0.6 is 23.2 Å². The normalized spacial score (nSPS) is 16.2. The molecular weight excluding hydrogens is 398 g/mol. The summed E-state index contributed by atoms with van der Waals surface area (Å²) in [5.74, 6) is 0.512. The van der Waals surface area contributed by atoms with E-state index in [0.717, 1.165) is 22.6 Å². The van der Waals surface area contributed by atoms with Crippen molar-refractivity contribution in [1.82, 2.24) is 0 Å². The number of hydrogen-bond donors (Lipinski definition) is 0. The highest BCUT2D eigenvalue weighted by atomic mass is 35.5. The van der Waals surface area contributed by atoms with Gasteiger partial charge in [-0.05, 0) is 65.7 Å². The van der Waals surface area contributed by atoms with Gasteiger partial charge in [0.25, 0.3) is 0 Å². The minimum Gasteiger partial charge on any atom is -0.497 e. The number of anilines is 1. The molecule has 0 aliphatic carbocycles. The molecule has 1 atom stereocenters. The van der Waals surface area contributed by atoms with Gasteiger partial charge >= 0.3 is 0 Å². The number of methoxy groups -OCH3 is 1. The van der Waals surface area contributed by atoms with Crippen LogP contribution in [0.1, 0.15) is 23.6 Å². The molecule has 0 saturated carbocycles. The molecule has 0 amide bonds. The molecule has 1 aliphatic heterocycles. The Labute approximate surface area is 173 Å². The van der Waals surface area contributed by atoms with Crippen LogP contribution < -0.4 is 9.75 Å². The van der Waals surface area contributed by atoms with Crippen LogP contribution in [0.3, 0.4) is 0 Å². The Balaban J connectivity index is 1.77. The van der Waals surface area contributed by atoms with Crippen molar-refractivity contribution < 1.29 is 9.13 Å². The van der Waals surface area contributed by atoms with Gasteiger partial charge < -0.3 is 4.74 Å². The molecule has 1 heterocycles. The topological polar surface area (TPSA) is 24.8 Å². The van der Waals surface area contributed by atoms with E-state index in [2.05, 4.69) is 0 Å². The van der Waals surface area contributed by atoms with E-state index >= 15 is 0 Å². The molecule has 6 heteroatoms. The van der Waals surface area contributed by atoms with Gasteiger partial charge in [0.1, 0.15) is 11.6 Å². The van der Waals surface area contributed by atoms with Gasteiger partial charge in [0.15, 0.2) is 0 Å². The summed E-state index contributed by atoms with van der Waals surface area (Å²) < 4.78 is 18.7. The summed E-state index contributed by atoms with van der Waals surface area (Å²) >= 11 is 12.6. The molecule has 0 N–H and O–H groups in total. The number of hydrogen-bond acceptors (Lipinski definition) is 3. The summed E-state index contributed by atoms with van der Waals surface area (Å²) in [6.45, 7) is 0. The SMILES string of the molecule is COc1ccc(C2=NN(c3cc(Cl)ccc3Cl)C(c3ccc(F)cc3)C2)cc1. The molecule has 0 bridgehead atoms. The van der Waals surface area contributed by atoms with Gasteiger partial charge in [-0.25, -0.2) is 4.39 Å². The molecule has 3 aromatic rings. The number of benzene rings is 3. The van der Waals surface area contributed by atoms with Crippen molar-refractivity contribution in [2.45, 2.75) is 12.5 Å². The maximum absolute atomic E-state index is 13.4. The van der Waals surface area contributed by atoms with Crippen molar-refractivity contribution in [3.8, 4) is 5.75 Å². The summed E-state index contributed by atoms with van der Waals surface area (Å²) in [6.07, 6.45) is 0.654. The Morgan fingerprint density at radius 1 is 1.00 bits per heavy atom. The van der Waals surface area contributed by atoms with Gasteiger partial charge in [0.2, 0.25) is 0 Å². The predicted molar refractivity (Wildman–Crippen MR) is 112 cm³/mol. The van der Waals surface area contributed by atoms with Crippen LogP contribution in [-0.2, 0) is 0 Å². The zero-order valence-corrected chi connectivity index (χ0v) is 16.6. The van der Waals surface area contributed by atoms with Crippen LogP contribution in [0.4, 0.5) is 10.1 Å². The van der Waals surface area contributed by atoms with Crippen molar-refractivity contribution in [2.24, 2.45) is 5.10 Å². The molecule has 0 spiro atoms. The number of ether oxygens (including phenoxy) is 1. The fourth-order valence-corrected chi connectivity index (χ4v) is 3.67. The molecule has 0 radical (unpaired) electrons. The second-order valence-corrected chi connectivity index (χ2v) is 7.33. The number of nitrogens with zero attached hydrogens (tertiary/aromatic N) is 2. The largest absolute Gasteiger partial charge is 0.497 e. The highest BCUT2D eigenvalue weighted by Gasteiger charge is 2.31. The summed E-state index contributed by atoms with van der Waals surface area (Å²) in [5.41, 5.74) is 3.57. The van der Waals surface area contributed by atoms with E-state index in [4.69, 9.17) is 33.0 Å². The van der Waals surface area contributed by atoms with Crippen molar-refractivity contribution in [2.75, 3.05) is 12.1 Å². The molecule has 4 rings (SSSR count). The first-order valence-electron chi connectivity index (χ1n) is 8.77. The highest BCUT2D eigenvalue weighted by molar-refractivity contribution is 6.35. The monoisotopic (exact) mass is 414 g/mol. The lowest BCUT2D eigenvalue weighted by Gasteiger charge is -2.25. The molecule has 3 aromatic carbocycles. The van der Waals surface area contributed by atoms with Crippen LogP contribution in [0.25, 0.3) is 0 Å². The molecule has 0 fully saturated rings. The average Bonchev–Trinajstić information content (AvgIpc) is 3.15. The van der Waals surface area contributed by atoms with Crippen LogP contribution in [-0.4, -0.2) is 12.8 Å². The van der Waals surface area contributed by atoms with Crippen LogP contribution in [0.5, 0.6) is 5.75 Å². The Hall–Kier alpha value is -2.56. The Bertz CT molecular complexity index is 1020. The first kappa shape index (κ1) is 18.8. The van der Waals surface area contributed by atoms with Gasteiger partial charge in [0.05, 0.1) is 29.6 Å². The first-order chi connectivity index (χ1) is 13.5. The van der Waals surface area contributed by atoms with Crippen molar-refractivity contribution in [3.05, 3.63) is 93.7 Å². The fraction of sp³-hybridized carbons (Fsp3) is 0.136. The predicted octanol–water partition coefficient (Wildman–Crippen LogP) is 6.50. The lowest BCUT2D eigenvalue weighted by Crippen LogP contribution is -2.19. The zero-order chi connectivity index (χ0) is 19.7. The molecule has 1 unspecified atom stereocenters. The second kappa shape index (κ2) is 7.82. The summed E-state index contributed by atoms with van der Waals surface area (Å²) in [7, 11) is 1.63. The molecule has 28 heavy (non-hydrogen) atoms. The molecule has 0 aromatic heterocycles. The molecule has 3 nitrogen and oxygen atoms in total. The van der Waals surface area contributed by atoms with Gasteiger partial charge in [-0.15, -0.1) is 0 Å². The Kier molecular flexibility index (Phi) is 5.25. The van der Waals surface area contributed by atoms with E-state index in [-0.39, 0.29) is 11.9 Å². The fourth-order valence-electron chi connectivity index (χ4n) is 3.30. The standard InChI is InChI=1S/C22H17Cl2FN2O/c1-28-18-9-4-14(5-10-18)20-13-21(15-2-7-17(25)8-3-15)27(26-20)22-12-16(23)6-11-19(22)24/h2-12,21H,13H2,1H3. The van der Waals surface area contributed by atoms with Gasteiger partial charge in [-0.2, -0.15) is 5.10 Å². The van der Waals surface area contributed by atoms with Gasteiger partial charge in [-0.1, -0.05) is 35.3 Å². The van der Waals surface area contributed by atoms with Crippen molar-refractivity contribution >= 4 is 34.6 Å². The molecule has 1 aliphatic rings. The molecular formula is C22H17Cl2FN2O. The van der Waals surface area contributed by atoms with E-state index in [1.807, 2.05) is 29.3 Å².